The van der Waals surface area contributed by atoms with E-state index in [1.807, 2.05) is 38.1 Å². The summed E-state index contributed by atoms with van der Waals surface area (Å²) in [5.41, 5.74) is 5.07. The van der Waals surface area contributed by atoms with E-state index in [0.29, 0.717) is 12.0 Å². The second-order valence-corrected chi connectivity index (χ2v) is 6.11. The largest absolute Gasteiger partial charge is 0.466 e. The van der Waals surface area contributed by atoms with Gasteiger partial charge in [-0.2, -0.15) is 0 Å². The standard InChI is InChI=1S/C19H21NO3/c1-11-7-4-5-8-13(11)17-16(19(22)23-3)12(2)20-14-9-6-10-15(21)18(14)17/h4-5,7-8,17,20H,6,9-10H2,1-3H3/t17-/m0/s1. The van der Waals surface area contributed by atoms with Crippen molar-refractivity contribution >= 4 is 11.8 Å². The maximum atomic E-state index is 12.6. The SMILES string of the molecule is COC(=O)C1=C(C)NC2=C(C(=O)CCC2)[C@H]1c1ccccc1C. The van der Waals surface area contributed by atoms with Crippen molar-refractivity contribution in [1.82, 2.24) is 5.32 Å². The molecule has 0 saturated heterocycles. The molecule has 1 heterocycles. The molecule has 0 saturated carbocycles. The third kappa shape index (κ3) is 2.58. The summed E-state index contributed by atoms with van der Waals surface area (Å²) in [7, 11) is 1.38. The summed E-state index contributed by atoms with van der Waals surface area (Å²) in [6.07, 6.45) is 2.23. The molecular weight excluding hydrogens is 290 g/mol. The maximum absolute atomic E-state index is 12.6. The summed E-state index contributed by atoms with van der Waals surface area (Å²) in [6.45, 7) is 3.88. The lowest BCUT2D eigenvalue weighted by Gasteiger charge is -2.34. The number of ketones is 1. The molecular formula is C19H21NO3. The summed E-state index contributed by atoms with van der Waals surface area (Å²) < 4.78 is 5.00. The molecule has 0 unspecified atom stereocenters. The van der Waals surface area contributed by atoms with Gasteiger partial charge in [-0.05, 0) is 37.8 Å². The predicted molar refractivity (Wildman–Crippen MR) is 87.7 cm³/mol. The Kier molecular flexibility index (Phi) is 4.07. The minimum atomic E-state index is -0.381. The summed E-state index contributed by atoms with van der Waals surface area (Å²) in [4.78, 5) is 25.0. The summed E-state index contributed by atoms with van der Waals surface area (Å²) in [6, 6.07) is 7.91. The van der Waals surface area contributed by atoms with Crippen molar-refractivity contribution in [1.29, 1.82) is 0 Å². The van der Waals surface area contributed by atoms with Crippen LogP contribution < -0.4 is 5.32 Å². The van der Waals surface area contributed by atoms with E-state index in [1.54, 1.807) is 0 Å². The number of hydrogen-bond donors (Lipinski definition) is 1. The van der Waals surface area contributed by atoms with E-state index < -0.39 is 0 Å². The molecule has 1 aliphatic carbocycles. The van der Waals surface area contributed by atoms with Crippen LogP contribution in [0.1, 0.15) is 43.2 Å². The number of nitrogens with one attached hydrogen (secondary N) is 1. The molecule has 0 fully saturated rings. The second-order valence-electron chi connectivity index (χ2n) is 6.11. The van der Waals surface area contributed by atoms with Gasteiger partial charge >= 0.3 is 5.97 Å². The van der Waals surface area contributed by atoms with E-state index in [0.717, 1.165) is 40.9 Å². The average molecular weight is 311 g/mol. The van der Waals surface area contributed by atoms with E-state index in [-0.39, 0.29) is 17.7 Å². The highest BCUT2D eigenvalue weighted by Crippen LogP contribution is 2.43. The number of aryl methyl sites for hydroxylation is 1. The normalized spacial score (nSPS) is 21.0. The highest BCUT2D eigenvalue weighted by atomic mass is 16.5. The monoisotopic (exact) mass is 311 g/mol. The zero-order valence-electron chi connectivity index (χ0n) is 13.7. The molecule has 1 aromatic carbocycles. The van der Waals surface area contributed by atoms with Crippen LogP contribution in [-0.4, -0.2) is 18.9 Å². The van der Waals surface area contributed by atoms with Gasteiger partial charge in [0, 0.05) is 29.3 Å². The Morgan fingerprint density at radius 3 is 2.65 bits per heavy atom. The molecule has 1 aromatic rings. The lowest BCUT2D eigenvalue weighted by molar-refractivity contribution is -0.136. The van der Waals surface area contributed by atoms with Crippen molar-refractivity contribution in [2.75, 3.05) is 7.11 Å². The minimum Gasteiger partial charge on any atom is -0.466 e. The fourth-order valence-corrected chi connectivity index (χ4v) is 3.59. The van der Waals surface area contributed by atoms with Gasteiger partial charge in [-0.1, -0.05) is 24.3 Å². The molecule has 0 amide bonds. The average Bonchev–Trinajstić information content (AvgIpc) is 2.54. The van der Waals surface area contributed by atoms with Crippen molar-refractivity contribution in [2.24, 2.45) is 0 Å². The Labute approximate surface area is 136 Å². The number of carbonyl (C=O) groups is 2. The third-order valence-electron chi connectivity index (χ3n) is 4.68. The molecule has 2 aliphatic rings. The molecule has 23 heavy (non-hydrogen) atoms. The van der Waals surface area contributed by atoms with Crippen LogP contribution in [0.25, 0.3) is 0 Å². The Bertz CT molecular complexity index is 743. The van der Waals surface area contributed by atoms with Crippen LogP contribution in [0.3, 0.4) is 0 Å². The number of methoxy groups -OCH3 is 1. The molecule has 1 N–H and O–H groups in total. The van der Waals surface area contributed by atoms with Crippen molar-refractivity contribution in [2.45, 2.75) is 39.0 Å². The van der Waals surface area contributed by atoms with E-state index in [9.17, 15) is 9.59 Å². The van der Waals surface area contributed by atoms with E-state index in [1.165, 1.54) is 7.11 Å². The number of Topliss-reactive ketones (excluding diaryl/α,β-unsaturated/α-hetero) is 1. The number of hydrogen-bond acceptors (Lipinski definition) is 4. The molecule has 0 radical (unpaired) electrons. The van der Waals surface area contributed by atoms with Crippen LogP contribution in [0.2, 0.25) is 0 Å². The molecule has 0 bridgehead atoms. The van der Waals surface area contributed by atoms with Gasteiger partial charge in [0.2, 0.25) is 0 Å². The van der Waals surface area contributed by atoms with E-state index >= 15 is 0 Å². The Morgan fingerprint density at radius 2 is 1.96 bits per heavy atom. The number of ether oxygens (including phenoxy) is 1. The van der Waals surface area contributed by atoms with Crippen LogP contribution in [0.15, 0.2) is 46.8 Å². The second kappa shape index (κ2) is 6.03. The lowest BCUT2D eigenvalue weighted by Crippen LogP contribution is -2.34. The molecule has 3 rings (SSSR count). The summed E-state index contributed by atoms with van der Waals surface area (Å²) in [5.74, 6) is -0.596. The molecule has 0 spiro atoms. The molecule has 120 valence electrons. The third-order valence-corrected chi connectivity index (χ3v) is 4.68. The predicted octanol–water partition coefficient (Wildman–Crippen LogP) is 3.14. The number of benzene rings is 1. The molecule has 4 heteroatoms. The van der Waals surface area contributed by atoms with Gasteiger partial charge in [0.25, 0.3) is 0 Å². The Hall–Kier alpha value is -2.36. The first kappa shape index (κ1) is 15.5. The smallest absolute Gasteiger partial charge is 0.336 e. The van der Waals surface area contributed by atoms with Gasteiger partial charge in [-0.25, -0.2) is 4.79 Å². The maximum Gasteiger partial charge on any atom is 0.336 e. The number of esters is 1. The van der Waals surface area contributed by atoms with Gasteiger partial charge in [0.05, 0.1) is 12.7 Å². The van der Waals surface area contributed by atoms with Crippen LogP contribution in [0.5, 0.6) is 0 Å². The summed E-state index contributed by atoms with van der Waals surface area (Å²) >= 11 is 0. The van der Waals surface area contributed by atoms with Crippen LogP contribution >= 0.6 is 0 Å². The molecule has 4 nitrogen and oxygen atoms in total. The highest BCUT2D eigenvalue weighted by Gasteiger charge is 2.39. The number of carbonyl (C=O) groups excluding carboxylic acids is 2. The Morgan fingerprint density at radius 1 is 1.22 bits per heavy atom. The first-order chi connectivity index (χ1) is 11.0. The van der Waals surface area contributed by atoms with Crippen molar-refractivity contribution in [3.63, 3.8) is 0 Å². The van der Waals surface area contributed by atoms with Crippen molar-refractivity contribution in [3.8, 4) is 0 Å². The fraction of sp³-hybridized carbons (Fsp3) is 0.368. The van der Waals surface area contributed by atoms with Gasteiger partial charge in [0.15, 0.2) is 5.78 Å². The van der Waals surface area contributed by atoms with Crippen LogP contribution in [-0.2, 0) is 14.3 Å². The van der Waals surface area contributed by atoms with Gasteiger partial charge in [0.1, 0.15) is 0 Å². The number of rotatable bonds is 2. The molecule has 1 aliphatic heterocycles. The minimum absolute atomic E-state index is 0.126. The Balaban J connectivity index is 2.23. The highest BCUT2D eigenvalue weighted by molar-refractivity contribution is 6.03. The molecule has 0 aromatic heterocycles. The summed E-state index contributed by atoms with van der Waals surface area (Å²) in [5, 5.41) is 3.27. The first-order valence-electron chi connectivity index (χ1n) is 7.92. The van der Waals surface area contributed by atoms with E-state index in [4.69, 9.17) is 4.74 Å². The van der Waals surface area contributed by atoms with Gasteiger partial charge in [-0.3, -0.25) is 4.79 Å². The quantitative estimate of drug-likeness (QED) is 0.853. The molecule has 1 atom stereocenters. The van der Waals surface area contributed by atoms with Crippen LogP contribution in [0, 0.1) is 6.92 Å². The van der Waals surface area contributed by atoms with Crippen LogP contribution in [0.4, 0.5) is 0 Å². The van der Waals surface area contributed by atoms with E-state index in [2.05, 4.69) is 5.32 Å². The fourth-order valence-electron chi connectivity index (χ4n) is 3.59. The zero-order chi connectivity index (χ0) is 16.6. The lowest BCUT2D eigenvalue weighted by atomic mass is 9.74. The number of dihydropyridines is 1. The van der Waals surface area contributed by atoms with Gasteiger partial charge in [-0.15, -0.1) is 0 Å². The topological polar surface area (TPSA) is 55.4 Å². The first-order valence-corrected chi connectivity index (χ1v) is 7.92. The van der Waals surface area contributed by atoms with Crippen molar-refractivity contribution in [3.05, 3.63) is 57.9 Å². The van der Waals surface area contributed by atoms with Gasteiger partial charge < -0.3 is 10.1 Å². The van der Waals surface area contributed by atoms with Crippen molar-refractivity contribution < 1.29 is 14.3 Å². The number of allylic oxidation sites excluding steroid dienone is 3. The zero-order valence-corrected chi connectivity index (χ0v) is 13.7.